The molecule has 6 heteroatoms. The van der Waals surface area contributed by atoms with Crippen molar-refractivity contribution in [1.29, 1.82) is 0 Å². The Morgan fingerprint density at radius 2 is 2.17 bits per heavy atom. The molecule has 0 aliphatic heterocycles. The summed E-state index contributed by atoms with van der Waals surface area (Å²) in [5, 5.41) is 10.4. The Morgan fingerprint density at radius 3 is 2.87 bits per heavy atom. The molecule has 1 aromatic carbocycles. The van der Waals surface area contributed by atoms with E-state index in [2.05, 4.69) is 22.7 Å². The van der Waals surface area contributed by atoms with E-state index in [9.17, 15) is 4.79 Å². The number of aromatic nitrogens is 2. The zero-order valence-electron chi connectivity index (χ0n) is 13.8. The van der Waals surface area contributed by atoms with Crippen molar-refractivity contribution in [2.75, 3.05) is 13.7 Å². The number of nitrogens with one attached hydrogen (secondary N) is 2. The molecule has 1 amide bonds. The maximum Gasteiger partial charge on any atom is 0.234 e. The van der Waals surface area contributed by atoms with Crippen LogP contribution in [0.1, 0.15) is 25.5 Å². The number of carbonyl (C=O) groups is 1. The molecule has 0 bridgehead atoms. The molecule has 2 rings (SSSR count). The molecule has 0 unspecified atom stereocenters. The van der Waals surface area contributed by atoms with Crippen molar-refractivity contribution >= 4 is 5.91 Å². The van der Waals surface area contributed by atoms with Gasteiger partial charge in [0.15, 0.2) is 0 Å². The summed E-state index contributed by atoms with van der Waals surface area (Å²) in [5.74, 6) is 0.754. The van der Waals surface area contributed by atoms with E-state index >= 15 is 0 Å². The van der Waals surface area contributed by atoms with Crippen LogP contribution in [-0.4, -0.2) is 35.4 Å². The Kier molecular flexibility index (Phi) is 6.17. The van der Waals surface area contributed by atoms with E-state index in [1.54, 1.807) is 13.3 Å². The van der Waals surface area contributed by atoms with Gasteiger partial charge in [-0.25, -0.2) is 0 Å². The molecule has 2 N–H and O–H groups in total. The van der Waals surface area contributed by atoms with Gasteiger partial charge in [-0.15, -0.1) is 0 Å². The van der Waals surface area contributed by atoms with E-state index in [1.165, 1.54) is 0 Å². The normalized spacial score (nSPS) is 13.3. The standard InChI is InChI=1S/C17H24N4O2/c1-13(14(2)21-9-5-8-20-21)18-12-17(22)19-11-15-6-4-7-16(10-15)23-3/h4-10,13-14,18H,11-12H2,1-3H3,(H,19,22)/t13-,14-/m0/s1. The fourth-order valence-corrected chi connectivity index (χ4v) is 2.22. The number of hydrogen-bond donors (Lipinski definition) is 2. The Balaban J connectivity index is 1.74. The third kappa shape index (κ3) is 5.10. The average molecular weight is 316 g/mol. The first-order valence-corrected chi connectivity index (χ1v) is 7.72. The SMILES string of the molecule is COc1cccc(CNC(=O)CN[C@@H](C)[C@H](C)n2cccn2)c1. The van der Waals surface area contributed by atoms with Gasteiger partial charge in [-0.1, -0.05) is 12.1 Å². The minimum absolute atomic E-state index is 0.0349. The molecule has 2 aromatic rings. The lowest BCUT2D eigenvalue weighted by molar-refractivity contribution is -0.120. The fourth-order valence-electron chi connectivity index (χ4n) is 2.22. The van der Waals surface area contributed by atoms with Gasteiger partial charge in [0.2, 0.25) is 5.91 Å². The molecular formula is C17H24N4O2. The number of amides is 1. The Labute approximate surface area is 136 Å². The van der Waals surface area contributed by atoms with E-state index < -0.39 is 0 Å². The van der Waals surface area contributed by atoms with Crippen LogP contribution in [0, 0.1) is 0 Å². The number of rotatable bonds is 8. The van der Waals surface area contributed by atoms with E-state index in [0.29, 0.717) is 6.54 Å². The van der Waals surface area contributed by atoms with Gasteiger partial charge in [0.05, 0.1) is 19.7 Å². The predicted octanol–water partition coefficient (Wildman–Crippen LogP) is 1.75. The van der Waals surface area contributed by atoms with Crippen LogP contribution < -0.4 is 15.4 Å². The largest absolute Gasteiger partial charge is 0.497 e. The van der Waals surface area contributed by atoms with Crippen LogP contribution in [-0.2, 0) is 11.3 Å². The van der Waals surface area contributed by atoms with Crippen molar-refractivity contribution < 1.29 is 9.53 Å². The molecule has 0 radical (unpaired) electrons. The summed E-state index contributed by atoms with van der Waals surface area (Å²) in [6, 6.07) is 9.87. The summed E-state index contributed by atoms with van der Waals surface area (Å²) in [4.78, 5) is 12.0. The molecule has 6 nitrogen and oxygen atoms in total. The highest BCUT2D eigenvalue weighted by molar-refractivity contribution is 5.78. The lowest BCUT2D eigenvalue weighted by Gasteiger charge is -2.21. The van der Waals surface area contributed by atoms with Crippen LogP contribution in [0.25, 0.3) is 0 Å². The smallest absolute Gasteiger partial charge is 0.234 e. The monoisotopic (exact) mass is 316 g/mol. The van der Waals surface area contributed by atoms with Crippen molar-refractivity contribution in [1.82, 2.24) is 20.4 Å². The maximum absolute atomic E-state index is 12.0. The van der Waals surface area contributed by atoms with Gasteiger partial charge in [0, 0.05) is 25.0 Å². The number of nitrogens with zero attached hydrogens (tertiary/aromatic N) is 2. The Hall–Kier alpha value is -2.34. The summed E-state index contributed by atoms with van der Waals surface area (Å²) in [6.45, 7) is 4.87. The average Bonchev–Trinajstić information content (AvgIpc) is 3.11. The molecule has 124 valence electrons. The van der Waals surface area contributed by atoms with Crippen LogP contribution in [0.4, 0.5) is 0 Å². The van der Waals surface area contributed by atoms with Gasteiger partial charge in [0.25, 0.3) is 0 Å². The van der Waals surface area contributed by atoms with Gasteiger partial charge < -0.3 is 15.4 Å². The lowest BCUT2D eigenvalue weighted by Crippen LogP contribution is -2.41. The van der Waals surface area contributed by atoms with Gasteiger partial charge >= 0.3 is 0 Å². The van der Waals surface area contributed by atoms with Crippen LogP contribution in [0.2, 0.25) is 0 Å². The van der Waals surface area contributed by atoms with Crippen molar-refractivity contribution in [3.8, 4) is 5.75 Å². The summed E-state index contributed by atoms with van der Waals surface area (Å²) in [6.07, 6.45) is 3.68. The summed E-state index contributed by atoms with van der Waals surface area (Å²) in [5.41, 5.74) is 1.01. The highest BCUT2D eigenvalue weighted by Crippen LogP contribution is 2.12. The highest BCUT2D eigenvalue weighted by atomic mass is 16.5. The first kappa shape index (κ1) is 17.0. The van der Waals surface area contributed by atoms with E-state index in [1.807, 2.05) is 48.1 Å². The van der Waals surface area contributed by atoms with Gasteiger partial charge in [-0.05, 0) is 37.6 Å². The minimum atomic E-state index is -0.0349. The van der Waals surface area contributed by atoms with Crippen molar-refractivity contribution in [3.05, 3.63) is 48.3 Å². The number of methoxy groups -OCH3 is 1. The second-order valence-corrected chi connectivity index (χ2v) is 5.52. The maximum atomic E-state index is 12.0. The molecule has 23 heavy (non-hydrogen) atoms. The number of carbonyl (C=O) groups excluding carboxylic acids is 1. The number of ether oxygens (including phenoxy) is 1. The molecule has 0 spiro atoms. The summed E-state index contributed by atoms with van der Waals surface area (Å²) in [7, 11) is 1.63. The van der Waals surface area contributed by atoms with Crippen LogP contribution >= 0.6 is 0 Å². The quantitative estimate of drug-likeness (QED) is 0.778. The van der Waals surface area contributed by atoms with Crippen LogP contribution in [0.3, 0.4) is 0 Å². The molecule has 0 aliphatic rings. The Bertz CT molecular complexity index is 613. The van der Waals surface area contributed by atoms with E-state index in [-0.39, 0.29) is 24.5 Å². The van der Waals surface area contributed by atoms with E-state index in [0.717, 1.165) is 11.3 Å². The summed E-state index contributed by atoms with van der Waals surface area (Å²) < 4.78 is 7.05. The molecule has 0 saturated heterocycles. The minimum Gasteiger partial charge on any atom is -0.497 e. The first-order valence-electron chi connectivity index (χ1n) is 7.72. The molecule has 0 aliphatic carbocycles. The van der Waals surface area contributed by atoms with Crippen LogP contribution in [0.15, 0.2) is 42.7 Å². The first-order chi connectivity index (χ1) is 11.1. The highest BCUT2D eigenvalue weighted by Gasteiger charge is 2.14. The zero-order chi connectivity index (χ0) is 16.7. The topological polar surface area (TPSA) is 68.2 Å². The fraction of sp³-hybridized carbons (Fsp3) is 0.412. The summed E-state index contributed by atoms with van der Waals surface area (Å²) >= 11 is 0. The molecule has 0 saturated carbocycles. The van der Waals surface area contributed by atoms with Gasteiger partial charge in [0.1, 0.15) is 5.75 Å². The zero-order valence-corrected chi connectivity index (χ0v) is 13.8. The number of benzene rings is 1. The molecule has 2 atom stereocenters. The van der Waals surface area contributed by atoms with Gasteiger partial charge in [-0.2, -0.15) is 5.10 Å². The van der Waals surface area contributed by atoms with Crippen molar-refractivity contribution in [2.24, 2.45) is 0 Å². The lowest BCUT2D eigenvalue weighted by atomic mass is 10.2. The second kappa shape index (κ2) is 8.33. The molecule has 1 heterocycles. The Morgan fingerprint density at radius 1 is 1.35 bits per heavy atom. The molecular weight excluding hydrogens is 292 g/mol. The van der Waals surface area contributed by atoms with Crippen molar-refractivity contribution in [3.63, 3.8) is 0 Å². The molecule has 0 fully saturated rings. The predicted molar refractivity (Wildman–Crippen MR) is 89.2 cm³/mol. The van der Waals surface area contributed by atoms with Crippen LogP contribution in [0.5, 0.6) is 5.75 Å². The second-order valence-electron chi connectivity index (χ2n) is 5.52. The van der Waals surface area contributed by atoms with Crippen molar-refractivity contribution in [2.45, 2.75) is 32.5 Å². The molecule has 1 aromatic heterocycles. The van der Waals surface area contributed by atoms with E-state index in [4.69, 9.17) is 4.74 Å². The number of hydrogen-bond acceptors (Lipinski definition) is 4. The third-order valence-corrected chi connectivity index (χ3v) is 3.87. The third-order valence-electron chi connectivity index (χ3n) is 3.87. The van der Waals surface area contributed by atoms with Gasteiger partial charge in [-0.3, -0.25) is 9.48 Å².